The Morgan fingerprint density at radius 1 is 0.891 bits per heavy atom. The van der Waals surface area contributed by atoms with E-state index in [1.165, 1.54) is 6.92 Å². The molecule has 3 heterocycles. The van der Waals surface area contributed by atoms with Crippen LogP contribution in [0.4, 0.5) is 0 Å². The number of esters is 1. The number of aliphatic hydroxyl groups is 6. The molecule has 14 atom stereocenters. The van der Waals surface area contributed by atoms with E-state index in [0.29, 0.717) is 45.3 Å². The van der Waals surface area contributed by atoms with Gasteiger partial charge in [0.2, 0.25) is 18.1 Å². The molecule has 0 bridgehead atoms. The highest BCUT2D eigenvalue weighted by molar-refractivity contribution is 5.78. The molecule has 17 nitrogen and oxygen atoms in total. The Kier molecular flexibility index (Phi) is 17.1. The van der Waals surface area contributed by atoms with Crippen molar-refractivity contribution in [2.45, 2.75) is 140 Å². The summed E-state index contributed by atoms with van der Waals surface area (Å²) in [5, 5.41) is 70.6. The molecule has 3 aliphatic rings. The number of ether oxygens (including phenoxy) is 5. The van der Waals surface area contributed by atoms with Crippen LogP contribution in [0, 0.1) is 11.8 Å². The van der Waals surface area contributed by atoms with Crippen LogP contribution in [0.2, 0.25) is 0 Å². The van der Waals surface area contributed by atoms with Crippen LogP contribution in [0.25, 0.3) is 0 Å². The molecule has 8 N–H and O–H groups in total. The molecule has 4 rings (SSSR count). The molecule has 3 aliphatic heterocycles. The van der Waals surface area contributed by atoms with Gasteiger partial charge in [-0.25, -0.2) is 0 Å². The molecule has 1 aromatic rings. The zero-order chi connectivity index (χ0) is 40.4. The Morgan fingerprint density at radius 2 is 1.58 bits per heavy atom. The summed E-state index contributed by atoms with van der Waals surface area (Å²) < 4.78 is 28.8. The van der Waals surface area contributed by atoms with E-state index in [0.717, 1.165) is 5.56 Å². The zero-order valence-corrected chi connectivity index (χ0v) is 32.4. The summed E-state index contributed by atoms with van der Waals surface area (Å²) in [7, 11) is 0. The summed E-state index contributed by atoms with van der Waals surface area (Å²) >= 11 is 0. The number of nitrogens with one attached hydrogen (secondary N) is 2. The lowest BCUT2D eigenvalue weighted by Gasteiger charge is -2.45. The topological polar surface area (TPSA) is 246 Å². The molecule has 17 heteroatoms. The molecule has 0 saturated carbocycles. The first kappa shape index (κ1) is 44.7. The lowest BCUT2D eigenvalue weighted by molar-refractivity contribution is -0.355. The molecule has 0 unspecified atom stereocenters. The normalized spacial score (nSPS) is 35.3. The number of carbonyl (C=O) groups is 3. The predicted molar refractivity (Wildman–Crippen MR) is 195 cm³/mol. The number of nitrogens with zero attached hydrogens (tertiary/aromatic N) is 1. The Hall–Kier alpha value is -2.97. The Labute approximate surface area is 322 Å². The first-order chi connectivity index (χ1) is 26.1. The summed E-state index contributed by atoms with van der Waals surface area (Å²) in [5.74, 6) is -1.05. The van der Waals surface area contributed by atoms with Crippen molar-refractivity contribution in [1.82, 2.24) is 15.5 Å². The summed E-state index contributed by atoms with van der Waals surface area (Å²) in [6.07, 6.45) is -13.4. The standard InChI is InChI=1S/C38H61N3O14/c1-6-20(3)35(49)41-16-8-14-40-28(43)17-26(39-15-13-24(42)18-41)23-9-11-25(12-10-23)53-38-34(32(47)29(44)22(5)52-38)55-37-33(48)31(46)30(45)27(54-37)19-51-36(50)21(4)7-2/h9-12,20-22,24,26-27,29-34,37-39,42,44-48H,6-8,13-19H2,1-5H3,(H,40,43)/t20-,21-,22-,24-,26+,27+,29-,30+,31-,32+,33+,34+,37-,38-/m0/s1. The average Bonchev–Trinajstić information content (AvgIpc) is 3.19. The average molecular weight is 784 g/mol. The van der Waals surface area contributed by atoms with Crippen LogP contribution >= 0.6 is 0 Å². The van der Waals surface area contributed by atoms with Crippen molar-refractivity contribution >= 4 is 17.8 Å². The quantitative estimate of drug-likeness (QED) is 0.132. The van der Waals surface area contributed by atoms with Crippen LogP contribution in [0.3, 0.4) is 0 Å². The van der Waals surface area contributed by atoms with Crippen molar-refractivity contribution in [3.63, 3.8) is 0 Å². The third-order valence-electron chi connectivity index (χ3n) is 10.6. The smallest absolute Gasteiger partial charge is 0.308 e. The number of rotatable bonds is 11. The third kappa shape index (κ3) is 12.0. The largest absolute Gasteiger partial charge is 0.463 e. The Bertz CT molecular complexity index is 1370. The van der Waals surface area contributed by atoms with Crippen LogP contribution in [0.5, 0.6) is 5.75 Å². The summed E-state index contributed by atoms with van der Waals surface area (Å²) in [6, 6.07) is 6.30. The second kappa shape index (κ2) is 21.0. The second-order valence-electron chi connectivity index (χ2n) is 14.9. The number of hydrogen-bond acceptors (Lipinski definition) is 15. The van der Waals surface area contributed by atoms with Gasteiger partial charge in [-0.05, 0) is 56.8 Å². The van der Waals surface area contributed by atoms with Crippen molar-refractivity contribution in [3.05, 3.63) is 29.8 Å². The lowest BCUT2D eigenvalue weighted by atomic mass is 9.97. The van der Waals surface area contributed by atoms with Gasteiger partial charge in [0.05, 0.1) is 18.1 Å². The number of β-amino-alcohol motifs (C(OH)–C–C–N with tert-alkyl or cyclic N) is 1. The molecular formula is C38H61N3O14. The molecule has 55 heavy (non-hydrogen) atoms. The van der Waals surface area contributed by atoms with E-state index in [1.54, 1.807) is 36.1 Å². The molecule has 312 valence electrons. The van der Waals surface area contributed by atoms with E-state index in [9.17, 15) is 45.0 Å². The van der Waals surface area contributed by atoms with Crippen LogP contribution in [0.15, 0.2) is 24.3 Å². The van der Waals surface area contributed by atoms with Gasteiger partial charge in [0.25, 0.3) is 0 Å². The first-order valence-corrected chi connectivity index (χ1v) is 19.4. The molecule has 0 spiro atoms. The van der Waals surface area contributed by atoms with Gasteiger partial charge in [0, 0.05) is 38.0 Å². The Balaban J connectivity index is 1.44. The van der Waals surface area contributed by atoms with Gasteiger partial charge >= 0.3 is 5.97 Å². The number of amides is 2. The van der Waals surface area contributed by atoms with E-state index in [-0.39, 0.29) is 36.4 Å². The Morgan fingerprint density at radius 3 is 2.25 bits per heavy atom. The number of benzene rings is 1. The maximum atomic E-state index is 12.9. The number of carbonyl (C=O) groups excluding carboxylic acids is 3. The van der Waals surface area contributed by atoms with Crippen molar-refractivity contribution in [3.8, 4) is 5.75 Å². The van der Waals surface area contributed by atoms with Crippen molar-refractivity contribution in [1.29, 1.82) is 0 Å². The SMILES string of the molecule is CC[C@H](C)C(=O)OC[C@H]1O[C@@H](O[C@H]2[C@H](Oc3ccc([C@H]4CC(=O)NCCCN(C(=O)[C@@H](C)CC)C[C@@H](O)CCN4)cc3)O[C@@H](C)[C@H](O)[C@H]2O)[C@H](O)[C@@H](O)[C@@H]1O. The zero-order valence-electron chi connectivity index (χ0n) is 32.4. The fraction of sp³-hybridized carbons (Fsp3) is 0.763. The van der Waals surface area contributed by atoms with Gasteiger partial charge in [0.1, 0.15) is 49.0 Å². The van der Waals surface area contributed by atoms with E-state index in [2.05, 4.69) is 10.6 Å². The molecule has 1 aromatic carbocycles. The van der Waals surface area contributed by atoms with Crippen LogP contribution in [-0.4, -0.2) is 154 Å². The number of hydrogen-bond donors (Lipinski definition) is 8. The van der Waals surface area contributed by atoms with Gasteiger partial charge in [-0.2, -0.15) is 0 Å². The van der Waals surface area contributed by atoms with Crippen LogP contribution < -0.4 is 15.4 Å². The molecule has 3 saturated heterocycles. The highest BCUT2D eigenvalue weighted by Gasteiger charge is 2.51. The molecule has 0 radical (unpaired) electrons. The van der Waals surface area contributed by atoms with E-state index in [1.807, 2.05) is 20.8 Å². The van der Waals surface area contributed by atoms with Gasteiger partial charge in [0.15, 0.2) is 12.4 Å². The van der Waals surface area contributed by atoms with Gasteiger partial charge in [-0.1, -0.05) is 39.8 Å². The van der Waals surface area contributed by atoms with Crippen molar-refractivity contribution in [2.75, 3.05) is 32.8 Å². The minimum atomic E-state index is -1.80. The molecule has 0 aromatic heterocycles. The molecule has 2 amide bonds. The minimum Gasteiger partial charge on any atom is -0.463 e. The van der Waals surface area contributed by atoms with E-state index < -0.39 is 92.1 Å². The molecular weight excluding hydrogens is 722 g/mol. The molecule has 0 aliphatic carbocycles. The second-order valence-corrected chi connectivity index (χ2v) is 14.9. The van der Waals surface area contributed by atoms with E-state index in [4.69, 9.17) is 23.7 Å². The van der Waals surface area contributed by atoms with Crippen LogP contribution in [0.1, 0.15) is 78.3 Å². The van der Waals surface area contributed by atoms with Gasteiger partial charge < -0.3 is 69.9 Å². The highest BCUT2D eigenvalue weighted by Crippen LogP contribution is 2.31. The lowest BCUT2D eigenvalue weighted by Crippen LogP contribution is -2.64. The van der Waals surface area contributed by atoms with Crippen LogP contribution in [-0.2, 0) is 33.3 Å². The predicted octanol–water partition coefficient (Wildman–Crippen LogP) is -0.519. The first-order valence-electron chi connectivity index (χ1n) is 19.4. The highest BCUT2D eigenvalue weighted by atomic mass is 16.8. The fourth-order valence-corrected chi connectivity index (χ4v) is 6.56. The van der Waals surface area contributed by atoms with E-state index >= 15 is 0 Å². The monoisotopic (exact) mass is 783 g/mol. The minimum absolute atomic E-state index is 0.0172. The maximum absolute atomic E-state index is 12.9. The van der Waals surface area contributed by atoms with Crippen molar-refractivity contribution in [2.24, 2.45) is 11.8 Å². The summed E-state index contributed by atoms with van der Waals surface area (Å²) in [4.78, 5) is 39.8. The summed E-state index contributed by atoms with van der Waals surface area (Å²) in [6.45, 7) is 9.76. The van der Waals surface area contributed by atoms with Gasteiger partial charge in [-0.15, -0.1) is 0 Å². The van der Waals surface area contributed by atoms with Gasteiger partial charge in [-0.3, -0.25) is 14.4 Å². The van der Waals surface area contributed by atoms with Crippen molar-refractivity contribution < 1.29 is 68.7 Å². The molecule has 3 fully saturated rings. The fourth-order valence-electron chi connectivity index (χ4n) is 6.56. The maximum Gasteiger partial charge on any atom is 0.308 e. The summed E-state index contributed by atoms with van der Waals surface area (Å²) in [5.41, 5.74) is 0.743. The third-order valence-corrected chi connectivity index (χ3v) is 10.6. The number of aliphatic hydroxyl groups excluding tert-OH is 6.